The van der Waals surface area contributed by atoms with Crippen molar-refractivity contribution < 1.29 is 0 Å². The summed E-state index contributed by atoms with van der Waals surface area (Å²) in [4.78, 5) is 0. The van der Waals surface area contributed by atoms with Gasteiger partial charge in [0, 0.05) is 0 Å². The zero-order valence-electron chi connectivity index (χ0n) is 15.5. The summed E-state index contributed by atoms with van der Waals surface area (Å²) in [5.41, 5.74) is 1.39. The average molecular weight is 379 g/mol. The van der Waals surface area contributed by atoms with Crippen LogP contribution in [0.3, 0.4) is 0 Å². The van der Waals surface area contributed by atoms with E-state index in [1.54, 1.807) is 0 Å². The number of unbranched alkanes of at least 4 members (excludes halogenated alkanes) is 1. The van der Waals surface area contributed by atoms with Crippen molar-refractivity contribution in [1.82, 2.24) is 0 Å². The van der Waals surface area contributed by atoms with Gasteiger partial charge in [0.2, 0.25) is 0 Å². The fraction of sp³-hybridized carbons (Fsp3) is 0.652. The van der Waals surface area contributed by atoms with Gasteiger partial charge in [-0.15, -0.1) is 0 Å². The first kappa shape index (κ1) is 19.3. The maximum atomic E-state index is 6.21. The first-order valence-corrected chi connectivity index (χ1v) is 11.0. The summed E-state index contributed by atoms with van der Waals surface area (Å²) in [5, 5.41) is 1.37. The number of benzene rings is 1. The maximum Gasteiger partial charge on any atom is 0.0595 e. The Morgan fingerprint density at radius 3 is 2.12 bits per heavy atom. The molecule has 0 atom stereocenters. The Hall–Kier alpha value is -0.460. The SMILES string of the molecule is CCC/C=C/C1CCC(C2CCC(c3ccc(Cl)c(Cl)c3)CC2)CC1. The number of hydrogen-bond acceptors (Lipinski definition) is 0. The van der Waals surface area contributed by atoms with Crippen molar-refractivity contribution in [2.75, 3.05) is 0 Å². The molecule has 1 aromatic rings. The molecular formula is C23H32Cl2. The highest BCUT2D eigenvalue weighted by atomic mass is 35.5. The van der Waals surface area contributed by atoms with Gasteiger partial charge >= 0.3 is 0 Å². The van der Waals surface area contributed by atoms with Gasteiger partial charge in [0.1, 0.15) is 0 Å². The molecule has 2 heteroatoms. The lowest BCUT2D eigenvalue weighted by Crippen LogP contribution is -2.25. The van der Waals surface area contributed by atoms with Crippen molar-refractivity contribution in [3.8, 4) is 0 Å². The number of rotatable bonds is 5. The minimum Gasteiger partial charge on any atom is -0.0883 e. The van der Waals surface area contributed by atoms with Gasteiger partial charge in [0.05, 0.1) is 10.0 Å². The normalized spacial score (nSPS) is 30.7. The van der Waals surface area contributed by atoms with E-state index in [1.807, 2.05) is 6.07 Å². The molecule has 2 fully saturated rings. The van der Waals surface area contributed by atoms with E-state index in [1.165, 1.54) is 69.8 Å². The Labute approximate surface area is 164 Å². The quantitative estimate of drug-likeness (QED) is 0.450. The Bertz CT molecular complexity index is 561. The first-order valence-electron chi connectivity index (χ1n) is 10.3. The second kappa shape index (κ2) is 9.47. The summed E-state index contributed by atoms with van der Waals surface area (Å²) in [6, 6.07) is 6.22. The van der Waals surface area contributed by atoms with Gasteiger partial charge in [-0.2, -0.15) is 0 Å². The van der Waals surface area contributed by atoms with Crippen molar-refractivity contribution in [1.29, 1.82) is 0 Å². The smallest absolute Gasteiger partial charge is 0.0595 e. The number of halogens is 2. The highest BCUT2D eigenvalue weighted by Gasteiger charge is 2.30. The van der Waals surface area contributed by atoms with E-state index >= 15 is 0 Å². The molecule has 0 N–H and O–H groups in total. The Balaban J connectivity index is 1.46. The summed E-state index contributed by atoms with van der Waals surface area (Å²) in [5.74, 6) is 3.47. The lowest BCUT2D eigenvalue weighted by molar-refractivity contribution is 0.171. The van der Waals surface area contributed by atoms with Crippen LogP contribution in [0.15, 0.2) is 30.4 Å². The zero-order valence-corrected chi connectivity index (χ0v) is 17.0. The fourth-order valence-corrected chi connectivity index (χ4v) is 5.26. The molecule has 0 nitrogen and oxygen atoms in total. The predicted octanol–water partition coefficient (Wildman–Crippen LogP) is 8.43. The van der Waals surface area contributed by atoms with Gasteiger partial charge in [-0.3, -0.25) is 0 Å². The third-order valence-electron chi connectivity index (χ3n) is 6.53. The van der Waals surface area contributed by atoms with E-state index in [2.05, 4.69) is 31.2 Å². The molecule has 0 amide bonds. The molecular weight excluding hydrogens is 347 g/mol. The highest BCUT2D eigenvalue weighted by molar-refractivity contribution is 6.42. The summed E-state index contributed by atoms with van der Waals surface area (Å²) < 4.78 is 0. The number of hydrogen-bond donors (Lipinski definition) is 0. The molecule has 2 aliphatic rings. The van der Waals surface area contributed by atoms with Crippen LogP contribution in [-0.4, -0.2) is 0 Å². The van der Waals surface area contributed by atoms with Crippen molar-refractivity contribution in [2.45, 2.75) is 77.0 Å². The predicted molar refractivity (Wildman–Crippen MR) is 111 cm³/mol. The summed E-state index contributed by atoms with van der Waals surface area (Å²) in [7, 11) is 0. The van der Waals surface area contributed by atoms with Crippen LogP contribution in [-0.2, 0) is 0 Å². The minimum absolute atomic E-state index is 0.670. The van der Waals surface area contributed by atoms with Crippen LogP contribution in [0, 0.1) is 17.8 Å². The van der Waals surface area contributed by atoms with Gasteiger partial charge in [-0.1, -0.05) is 54.8 Å². The van der Waals surface area contributed by atoms with Crippen LogP contribution >= 0.6 is 23.2 Å². The van der Waals surface area contributed by atoms with Gasteiger partial charge in [0.25, 0.3) is 0 Å². The summed E-state index contributed by atoms with van der Waals surface area (Å²) in [6.45, 7) is 2.26. The van der Waals surface area contributed by atoms with Crippen LogP contribution < -0.4 is 0 Å². The van der Waals surface area contributed by atoms with E-state index in [4.69, 9.17) is 23.2 Å². The molecule has 3 rings (SSSR count). The molecule has 0 aromatic heterocycles. The standard InChI is InChI=1S/C23H32Cl2/c1-2-3-4-5-17-6-8-18(9-7-17)19-10-12-20(13-11-19)21-14-15-22(24)23(25)16-21/h4-5,14-20H,2-3,6-13H2,1H3/b5-4+. The molecule has 1 aromatic carbocycles. The van der Waals surface area contributed by atoms with Crippen molar-refractivity contribution in [2.24, 2.45) is 17.8 Å². The van der Waals surface area contributed by atoms with Crippen LogP contribution in [0.25, 0.3) is 0 Å². The van der Waals surface area contributed by atoms with E-state index in [-0.39, 0.29) is 0 Å². The van der Waals surface area contributed by atoms with Crippen LogP contribution in [0.2, 0.25) is 10.0 Å². The Kier molecular flexibility index (Phi) is 7.31. The van der Waals surface area contributed by atoms with Crippen molar-refractivity contribution >= 4 is 23.2 Å². The minimum atomic E-state index is 0.670. The van der Waals surface area contributed by atoms with Crippen molar-refractivity contribution in [3.05, 3.63) is 46.0 Å². The third-order valence-corrected chi connectivity index (χ3v) is 7.27. The van der Waals surface area contributed by atoms with E-state index in [0.717, 1.165) is 17.8 Å². The molecule has 0 aliphatic heterocycles. The molecule has 0 radical (unpaired) electrons. The molecule has 25 heavy (non-hydrogen) atoms. The Morgan fingerprint density at radius 2 is 1.52 bits per heavy atom. The molecule has 0 saturated heterocycles. The third kappa shape index (κ3) is 5.27. The fourth-order valence-electron chi connectivity index (χ4n) is 4.95. The lowest BCUT2D eigenvalue weighted by Gasteiger charge is -2.37. The average Bonchev–Trinajstić information content (AvgIpc) is 2.65. The largest absolute Gasteiger partial charge is 0.0883 e. The topological polar surface area (TPSA) is 0 Å². The van der Waals surface area contributed by atoms with Crippen molar-refractivity contribution in [3.63, 3.8) is 0 Å². The molecule has 2 aliphatic carbocycles. The van der Waals surface area contributed by atoms with Crippen LogP contribution in [0.1, 0.15) is 82.6 Å². The highest BCUT2D eigenvalue weighted by Crippen LogP contribution is 2.44. The summed E-state index contributed by atoms with van der Waals surface area (Å²) >= 11 is 12.3. The second-order valence-electron chi connectivity index (χ2n) is 8.18. The molecule has 138 valence electrons. The second-order valence-corrected chi connectivity index (χ2v) is 8.99. The van der Waals surface area contributed by atoms with Gasteiger partial charge in [-0.25, -0.2) is 0 Å². The summed E-state index contributed by atoms with van der Waals surface area (Å²) in [6.07, 6.45) is 18.6. The van der Waals surface area contributed by atoms with E-state index in [0.29, 0.717) is 16.0 Å². The monoisotopic (exact) mass is 378 g/mol. The molecule has 2 saturated carbocycles. The number of allylic oxidation sites excluding steroid dienone is 2. The van der Waals surface area contributed by atoms with Crippen LogP contribution in [0.4, 0.5) is 0 Å². The van der Waals surface area contributed by atoms with Gasteiger partial charge in [0.15, 0.2) is 0 Å². The molecule has 0 spiro atoms. The van der Waals surface area contributed by atoms with E-state index < -0.39 is 0 Å². The van der Waals surface area contributed by atoms with Gasteiger partial charge < -0.3 is 0 Å². The molecule has 0 heterocycles. The first-order chi connectivity index (χ1) is 12.2. The van der Waals surface area contributed by atoms with Gasteiger partial charge in [-0.05, 0) is 99.2 Å². The van der Waals surface area contributed by atoms with E-state index in [9.17, 15) is 0 Å². The lowest BCUT2D eigenvalue weighted by atomic mass is 9.68. The zero-order chi connectivity index (χ0) is 17.6. The molecule has 0 bridgehead atoms. The maximum absolute atomic E-state index is 6.21. The Morgan fingerprint density at radius 1 is 0.880 bits per heavy atom. The van der Waals surface area contributed by atoms with Crippen LogP contribution in [0.5, 0.6) is 0 Å². The molecule has 0 unspecified atom stereocenters.